The summed E-state index contributed by atoms with van der Waals surface area (Å²) in [5, 5.41) is 0. The van der Waals surface area contributed by atoms with Crippen molar-refractivity contribution in [2.75, 3.05) is 13.8 Å². The van der Waals surface area contributed by atoms with Gasteiger partial charge in [0.1, 0.15) is 0 Å². The topological polar surface area (TPSA) is 33.0 Å². The summed E-state index contributed by atoms with van der Waals surface area (Å²) in [7, 11) is 1.49. The first-order valence-corrected chi connectivity index (χ1v) is 1.05. The zero-order valence-corrected chi connectivity index (χ0v) is 7.82. The third-order valence-electron chi connectivity index (χ3n) is 0.144. The van der Waals surface area contributed by atoms with E-state index in [0.717, 1.165) is 0 Å². The van der Waals surface area contributed by atoms with Crippen LogP contribution in [0.5, 0.6) is 0 Å². The second kappa shape index (κ2) is 16.5. The number of hydrogen-bond acceptors (Lipinski definition) is 1. The molecule has 1 N–H and O–H groups in total. The smallest absolute Gasteiger partial charge is 0.0331 e. The van der Waals surface area contributed by atoms with Crippen LogP contribution in [-0.4, -0.2) is 13.8 Å². The molecule has 0 aliphatic heterocycles. The normalized spacial score (nSPS) is 5.00. The molecule has 0 heterocycles. The van der Waals surface area contributed by atoms with Crippen molar-refractivity contribution in [3.05, 3.63) is 13.2 Å². The van der Waals surface area contributed by atoms with E-state index in [2.05, 4.69) is 4.74 Å². The minimum absolute atomic E-state index is 0. The fourth-order valence-electron chi connectivity index (χ4n) is 0. The number of hydrogen-bond donors (Lipinski definition) is 0. The second-order valence-electron chi connectivity index (χ2n) is 0.433. The van der Waals surface area contributed by atoms with Crippen molar-refractivity contribution in [2.45, 2.75) is 0 Å². The van der Waals surface area contributed by atoms with E-state index in [-0.39, 0.29) is 49.8 Å². The molecule has 0 saturated heterocycles. The van der Waals surface area contributed by atoms with Crippen LogP contribution in [0.25, 0.3) is 5.73 Å². The second-order valence-corrected chi connectivity index (χ2v) is 0.433. The Hall–Kier alpha value is 1.11. The molecule has 3 heteroatoms. The Labute approximate surface area is 67.0 Å². The van der Waals surface area contributed by atoms with Gasteiger partial charge in [-0.3, -0.25) is 0 Å². The van der Waals surface area contributed by atoms with Gasteiger partial charge in [-0.05, 0) is 6.73 Å². The molecule has 0 aliphatic carbocycles. The molecule has 0 fully saturated rings. The summed E-state index contributed by atoms with van der Waals surface area (Å²) in [4.78, 5) is 0. The Morgan fingerprint density at radius 2 is 1.83 bits per heavy atom. The van der Waals surface area contributed by atoms with Gasteiger partial charge in [0.15, 0.2) is 0 Å². The molecule has 0 atom stereocenters. The molecular weight excluding hydrogens is 205 g/mol. The fraction of sp³-hybridized carbons (Fsp3) is 0.667. The monoisotopic (exact) mass is 214 g/mol. The summed E-state index contributed by atoms with van der Waals surface area (Å²) in [5.41, 5.74) is 6.23. The molecule has 0 spiro atoms. The van der Waals surface area contributed by atoms with Crippen LogP contribution < -0.4 is 0 Å². The number of ether oxygens (including phenoxy) is 1. The van der Waals surface area contributed by atoms with Crippen molar-refractivity contribution < 1.29 is 40.3 Å². The van der Waals surface area contributed by atoms with Crippen LogP contribution in [0.3, 0.4) is 0 Å². The minimum atomic E-state index is 0. The number of methoxy groups -OCH3 is 1. The third kappa shape index (κ3) is 19.4. The van der Waals surface area contributed by atoms with Crippen LogP contribution in [0.1, 0.15) is 0 Å². The van der Waals surface area contributed by atoms with Gasteiger partial charge >= 0.3 is 0 Å². The molecule has 0 amide bonds. The zero-order valence-electron chi connectivity index (χ0n) is 4.19. The summed E-state index contributed by atoms with van der Waals surface area (Å²) in [6, 6.07) is 0. The Morgan fingerprint density at radius 3 is 1.83 bits per heavy atom. The van der Waals surface area contributed by atoms with Crippen LogP contribution in [0, 0.1) is 43.0 Å². The Balaban J connectivity index is -0.0000000450. The van der Waals surface area contributed by atoms with Gasteiger partial charge in [-0.2, -0.15) is 0 Å². The molecule has 6 heavy (non-hydrogen) atoms. The number of rotatable bonds is 1. The molecule has 0 aromatic heterocycles. The first kappa shape index (κ1) is 15.7. The van der Waals surface area contributed by atoms with Crippen LogP contribution in [0.2, 0.25) is 0 Å². The van der Waals surface area contributed by atoms with E-state index in [1.165, 1.54) is 7.11 Å². The first-order valence-electron chi connectivity index (χ1n) is 1.05. The Kier molecular flexibility index (Phi) is 43.2. The Morgan fingerprint density at radius 1 is 1.67 bits per heavy atom. The van der Waals surface area contributed by atoms with Crippen molar-refractivity contribution in [2.24, 2.45) is 0 Å². The third-order valence-corrected chi connectivity index (χ3v) is 0.144. The molecule has 0 aliphatic rings. The van der Waals surface area contributed by atoms with Crippen LogP contribution in [0.15, 0.2) is 0 Å². The van der Waals surface area contributed by atoms with E-state index in [0.29, 0.717) is 0 Å². The van der Waals surface area contributed by atoms with E-state index in [4.69, 9.17) is 5.73 Å². The average molecular weight is 214 g/mol. The fourth-order valence-corrected chi connectivity index (χ4v) is 0. The average Bonchev–Trinajstić information content (AvgIpc) is 1.37. The summed E-state index contributed by atoms with van der Waals surface area (Å²) in [6.07, 6.45) is 0. The maximum atomic E-state index is 6.23. The van der Waals surface area contributed by atoms with Crippen LogP contribution >= 0.6 is 0 Å². The largest absolute Gasteiger partial charge is 0.655 e. The maximum absolute atomic E-state index is 6.23. The van der Waals surface area contributed by atoms with E-state index in [9.17, 15) is 0 Å². The summed E-state index contributed by atoms with van der Waals surface area (Å²) >= 11 is 0. The SMILES string of the molecule is COC[NH-].[CH3-].[La]. The molecule has 37 valence electrons. The molecule has 0 unspecified atom stereocenters. The van der Waals surface area contributed by atoms with E-state index in [1.54, 1.807) is 0 Å². The number of nitrogens with one attached hydrogen (secondary N) is 1. The van der Waals surface area contributed by atoms with Crippen molar-refractivity contribution in [1.29, 1.82) is 0 Å². The van der Waals surface area contributed by atoms with Crippen molar-refractivity contribution in [1.82, 2.24) is 0 Å². The summed E-state index contributed by atoms with van der Waals surface area (Å²) in [5.74, 6) is 0. The molecule has 1 radical (unpaired) electrons. The van der Waals surface area contributed by atoms with Crippen LogP contribution in [-0.2, 0) is 4.74 Å². The van der Waals surface area contributed by atoms with Gasteiger partial charge in [0.05, 0.1) is 0 Å². The Bertz CT molecular complexity index is 12.8. The van der Waals surface area contributed by atoms with Crippen molar-refractivity contribution in [3.8, 4) is 0 Å². The predicted molar refractivity (Wildman–Crippen MR) is 22.6 cm³/mol. The molecule has 0 rings (SSSR count). The van der Waals surface area contributed by atoms with Gasteiger partial charge in [-0.1, -0.05) is 0 Å². The van der Waals surface area contributed by atoms with Gasteiger partial charge in [0.2, 0.25) is 0 Å². The zero-order chi connectivity index (χ0) is 3.41. The van der Waals surface area contributed by atoms with Crippen LogP contribution in [0.4, 0.5) is 0 Å². The molecule has 0 bridgehead atoms. The van der Waals surface area contributed by atoms with E-state index >= 15 is 0 Å². The predicted octanol–water partition coefficient (Wildman–Crippen LogP) is 1.09. The van der Waals surface area contributed by atoms with Gasteiger partial charge in [0, 0.05) is 42.7 Å². The molecule has 0 aromatic carbocycles. The molecule has 0 aromatic rings. The molecular formula is C3H9LaNO-2. The van der Waals surface area contributed by atoms with Gasteiger partial charge < -0.3 is 17.9 Å². The van der Waals surface area contributed by atoms with Gasteiger partial charge in [-0.25, -0.2) is 0 Å². The minimum Gasteiger partial charge on any atom is -0.655 e. The van der Waals surface area contributed by atoms with Gasteiger partial charge in [0.25, 0.3) is 0 Å². The van der Waals surface area contributed by atoms with Gasteiger partial charge in [-0.15, -0.1) is 0 Å². The summed E-state index contributed by atoms with van der Waals surface area (Å²) < 4.78 is 4.21. The molecule has 2 nitrogen and oxygen atoms in total. The molecule has 0 saturated carbocycles. The van der Waals surface area contributed by atoms with E-state index < -0.39 is 0 Å². The van der Waals surface area contributed by atoms with Crippen molar-refractivity contribution >= 4 is 0 Å². The summed E-state index contributed by atoms with van der Waals surface area (Å²) in [6.45, 7) is 0.0694. The standard InChI is InChI=1S/C2H6NO.CH3.La/c1-4-2-3;;/h3H,2H2,1H3;1H3;/q2*-1;. The maximum Gasteiger partial charge on any atom is 0.0331 e. The first-order chi connectivity index (χ1) is 1.91. The quantitative estimate of drug-likeness (QED) is 0.601. The van der Waals surface area contributed by atoms with E-state index in [1.807, 2.05) is 0 Å². The van der Waals surface area contributed by atoms with Crippen molar-refractivity contribution in [3.63, 3.8) is 0 Å².